The number of nitrogens with one attached hydrogen (secondary N) is 2. The van der Waals surface area contributed by atoms with Crippen LogP contribution in [0.15, 0.2) is 116 Å². The highest BCUT2D eigenvalue weighted by atomic mass is 35.5. The molecule has 1 aliphatic heterocycles. The average molecular weight is 594 g/mol. The summed E-state index contributed by atoms with van der Waals surface area (Å²) in [7, 11) is 0. The highest BCUT2D eigenvalue weighted by Gasteiger charge is 2.42. The number of carbonyl (C=O) groups excluding carboxylic acids is 1. The fourth-order valence-electron chi connectivity index (χ4n) is 5.15. The quantitative estimate of drug-likeness (QED) is 0.188. The predicted octanol–water partition coefficient (Wildman–Crippen LogP) is 7.03. The number of hydrogen-bond donors (Lipinski definition) is 2. The van der Waals surface area contributed by atoms with Crippen molar-refractivity contribution in [1.82, 2.24) is 14.9 Å². The van der Waals surface area contributed by atoms with Crippen LogP contribution in [0.4, 0.5) is 11.4 Å². The minimum atomic E-state index is -0.242. The fourth-order valence-corrected chi connectivity index (χ4v) is 5.61. The molecule has 2 aromatic heterocycles. The van der Waals surface area contributed by atoms with Gasteiger partial charge in [-0.1, -0.05) is 35.9 Å². The van der Waals surface area contributed by atoms with E-state index < -0.39 is 0 Å². The van der Waals surface area contributed by atoms with Crippen LogP contribution in [0.5, 0.6) is 5.75 Å². The van der Waals surface area contributed by atoms with Gasteiger partial charge in [0.1, 0.15) is 11.8 Å². The van der Waals surface area contributed by atoms with Gasteiger partial charge < -0.3 is 24.8 Å². The van der Waals surface area contributed by atoms with Crippen molar-refractivity contribution in [2.24, 2.45) is 0 Å². The lowest BCUT2D eigenvalue weighted by molar-refractivity contribution is -0.118. The number of benzene rings is 3. The third-order valence-corrected chi connectivity index (χ3v) is 7.88. The number of thiocarbonyl (C=S) groups is 1. The molecular formula is C33H28ClN5O2S. The number of amides is 1. The first kappa shape index (κ1) is 27.5. The van der Waals surface area contributed by atoms with Gasteiger partial charge in [0, 0.05) is 40.2 Å². The first-order chi connectivity index (χ1) is 20.5. The summed E-state index contributed by atoms with van der Waals surface area (Å²) in [6.07, 6.45) is 3.84. The van der Waals surface area contributed by atoms with Gasteiger partial charge in [-0.05, 0) is 104 Å². The fraction of sp³-hybridized carbons (Fsp3) is 0.121. The maximum atomic E-state index is 12.5. The Morgan fingerprint density at radius 3 is 2.48 bits per heavy atom. The molecule has 2 unspecified atom stereocenters. The van der Waals surface area contributed by atoms with Crippen molar-refractivity contribution >= 4 is 46.2 Å². The lowest BCUT2D eigenvalue weighted by Crippen LogP contribution is -2.30. The van der Waals surface area contributed by atoms with Crippen LogP contribution >= 0.6 is 23.8 Å². The number of ether oxygens (including phenoxy) is 1. The smallest absolute Gasteiger partial charge is 0.262 e. The number of rotatable bonds is 8. The van der Waals surface area contributed by atoms with E-state index >= 15 is 0 Å². The molecule has 5 aromatic rings. The monoisotopic (exact) mass is 593 g/mol. The second-order valence-corrected chi connectivity index (χ2v) is 10.7. The van der Waals surface area contributed by atoms with Crippen molar-refractivity contribution in [1.29, 1.82) is 0 Å². The van der Waals surface area contributed by atoms with Gasteiger partial charge in [-0.3, -0.25) is 9.78 Å². The maximum Gasteiger partial charge on any atom is 0.262 e. The average Bonchev–Trinajstić information content (AvgIpc) is 3.63. The molecule has 42 heavy (non-hydrogen) atoms. The number of anilines is 2. The number of pyridine rings is 1. The van der Waals surface area contributed by atoms with E-state index in [9.17, 15) is 4.79 Å². The van der Waals surface area contributed by atoms with E-state index in [-0.39, 0.29) is 24.6 Å². The molecule has 210 valence electrons. The first-order valence-electron chi connectivity index (χ1n) is 13.5. The van der Waals surface area contributed by atoms with Crippen molar-refractivity contribution in [3.8, 4) is 11.4 Å². The van der Waals surface area contributed by atoms with E-state index in [1.54, 1.807) is 6.20 Å². The van der Waals surface area contributed by atoms with Gasteiger partial charge in [-0.15, -0.1) is 0 Å². The minimum absolute atomic E-state index is 0.0825. The van der Waals surface area contributed by atoms with Gasteiger partial charge in [0.25, 0.3) is 5.91 Å². The summed E-state index contributed by atoms with van der Waals surface area (Å²) in [4.78, 5) is 19.3. The van der Waals surface area contributed by atoms with Gasteiger partial charge >= 0.3 is 0 Å². The van der Waals surface area contributed by atoms with Crippen molar-refractivity contribution in [2.75, 3.05) is 16.8 Å². The largest absolute Gasteiger partial charge is 0.484 e. The zero-order valence-electron chi connectivity index (χ0n) is 22.8. The van der Waals surface area contributed by atoms with Gasteiger partial charge in [0.15, 0.2) is 11.7 Å². The summed E-state index contributed by atoms with van der Waals surface area (Å²) in [5, 5.41) is 7.72. The molecule has 0 aliphatic carbocycles. The van der Waals surface area contributed by atoms with Gasteiger partial charge in [0.05, 0.1) is 11.7 Å². The lowest BCUT2D eigenvalue weighted by Gasteiger charge is -2.29. The Labute approximate surface area is 254 Å². The van der Waals surface area contributed by atoms with Crippen molar-refractivity contribution < 1.29 is 9.53 Å². The summed E-state index contributed by atoms with van der Waals surface area (Å²) in [5.41, 5.74) is 5.47. The third kappa shape index (κ3) is 5.72. The number of aryl methyl sites for hydroxylation is 1. The molecule has 1 aliphatic rings. The molecule has 0 saturated carbocycles. The molecule has 2 N–H and O–H groups in total. The molecule has 7 nitrogen and oxygen atoms in total. The summed E-state index contributed by atoms with van der Waals surface area (Å²) in [5.74, 6) is 0.402. The van der Waals surface area contributed by atoms with Crippen LogP contribution < -0.4 is 20.3 Å². The molecule has 1 saturated heterocycles. The van der Waals surface area contributed by atoms with E-state index in [0.717, 1.165) is 33.3 Å². The van der Waals surface area contributed by atoms with Gasteiger partial charge in [0.2, 0.25) is 0 Å². The van der Waals surface area contributed by atoms with E-state index in [4.69, 9.17) is 28.6 Å². The lowest BCUT2D eigenvalue weighted by atomic mass is 10.0. The Hall–Kier alpha value is -4.66. The molecule has 0 radical (unpaired) electrons. The molecule has 3 aromatic carbocycles. The van der Waals surface area contributed by atoms with Crippen LogP contribution in [0.2, 0.25) is 5.02 Å². The number of halogens is 1. The number of hydrogen-bond acceptors (Lipinski definition) is 4. The number of carbonyl (C=O) groups is 1. The topological polar surface area (TPSA) is 71.4 Å². The molecule has 0 bridgehead atoms. The molecule has 3 heterocycles. The number of nitrogens with zero attached hydrogens (tertiary/aromatic N) is 3. The first-order valence-corrected chi connectivity index (χ1v) is 14.3. The van der Waals surface area contributed by atoms with Crippen LogP contribution in [0.3, 0.4) is 0 Å². The number of aromatic nitrogens is 2. The SMILES string of the molecule is Cc1cc(-n2cccc2C2C(c3ccccn3)NC(=S)N2c2ccc(NC(=O)COc3ccccc3)cc2)ccc1Cl. The standard InChI is InChI=1S/C33H28ClN5O2S/c1-22-20-25(16-17-27(22)34)38-19-7-11-29(38)32-31(28-10-5-6-18-35-28)37-33(42)39(32)24-14-12-23(13-15-24)36-30(40)21-41-26-8-3-2-4-9-26/h2-20,31-32H,21H2,1H3,(H,36,40)(H,37,42). The van der Waals surface area contributed by atoms with E-state index in [2.05, 4.69) is 37.2 Å². The Morgan fingerprint density at radius 2 is 1.74 bits per heavy atom. The molecule has 1 amide bonds. The summed E-state index contributed by atoms with van der Waals surface area (Å²) in [6.45, 7) is 1.92. The molecule has 0 spiro atoms. The second-order valence-electron chi connectivity index (χ2n) is 9.93. The van der Waals surface area contributed by atoms with Crippen LogP contribution in [0, 0.1) is 6.92 Å². The summed E-state index contributed by atoms with van der Waals surface area (Å²) < 4.78 is 7.73. The van der Waals surface area contributed by atoms with Crippen LogP contribution in [0.1, 0.15) is 29.0 Å². The van der Waals surface area contributed by atoms with Gasteiger partial charge in [-0.25, -0.2) is 0 Å². The minimum Gasteiger partial charge on any atom is -0.484 e. The van der Waals surface area contributed by atoms with E-state index in [1.807, 2.05) is 104 Å². The molecule has 2 atom stereocenters. The van der Waals surface area contributed by atoms with Gasteiger partial charge in [-0.2, -0.15) is 0 Å². The number of para-hydroxylation sites is 1. The second kappa shape index (κ2) is 12.1. The molecular weight excluding hydrogens is 566 g/mol. The Balaban J connectivity index is 1.29. The molecule has 6 rings (SSSR count). The summed E-state index contributed by atoms with van der Waals surface area (Å²) >= 11 is 12.2. The van der Waals surface area contributed by atoms with E-state index in [0.29, 0.717) is 16.5 Å². The van der Waals surface area contributed by atoms with Crippen LogP contribution in [-0.4, -0.2) is 27.2 Å². The highest BCUT2D eigenvalue weighted by molar-refractivity contribution is 7.80. The van der Waals surface area contributed by atoms with Crippen LogP contribution in [-0.2, 0) is 4.79 Å². The maximum absolute atomic E-state index is 12.5. The van der Waals surface area contributed by atoms with Crippen LogP contribution in [0.25, 0.3) is 5.69 Å². The van der Waals surface area contributed by atoms with Crippen molar-refractivity contribution in [3.05, 3.63) is 137 Å². The summed E-state index contributed by atoms with van der Waals surface area (Å²) in [6, 6.07) is 32.5. The van der Waals surface area contributed by atoms with Crippen molar-refractivity contribution in [2.45, 2.75) is 19.0 Å². The Kier molecular flexibility index (Phi) is 7.90. The third-order valence-electron chi connectivity index (χ3n) is 7.14. The zero-order chi connectivity index (χ0) is 29.1. The highest BCUT2D eigenvalue weighted by Crippen LogP contribution is 2.42. The zero-order valence-corrected chi connectivity index (χ0v) is 24.3. The van der Waals surface area contributed by atoms with E-state index in [1.165, 1.54) is 0 Å². The molecule has 9 heteroatoms. The predicted molar refractivity (Wildman–Crippen MR) is 170 cm³/mol. The Bertz CT molecular complexity index is 1710. The molecule has 1 fully saturated rings. The normalized spacial score (nSPS) is 16.2. The van der Waals surface area contributed by atoms with Crippen molar-refractivity contribution in [3.63, 3.8) is 0 Å². The Morgan fingerprint density at radius 1 is 0.976 bits per heavy atom.